The lowest BCUT2D eigenvalue weighted by atomic mass is 10.1. The number of carboxylic acids is 1. The van der Waals surface area contributed by atoms with Crippen molar-refractivity contribution in [3.63, 3.8) is 0 Å². The lowest BCUT2D eigenvalue weighted by molar-refractivity contribution is -0.115. The molecular formula is C16H16N2O3. The van der Waals surface area contributed by atoms with Crippen LogP contribution in [0.5, 0.6) is 0 Å². The molecule has 0 saturated carbocycles. The molecule has 0 saturated heterocycles. The van der Waals surface area contributed by atoms with Crippen LogP contribution in [-0.2, 0) is 11.2 Å². The van der Waals surface area contributed by atoms with Crippen molar-refractivity contribution in [2.24, 2.45) is 0 Å². The Balaban J connectivity index is 2.19. The number of nitrogens with zero attached hydrogens (tertiary/aromatic N) is 1. The van der Waals surface area contributed by atoms with E-state index in [1.807, 2.05) is 13.0 Å². The zero-order chi connectivity index (χ0) is 15.4. The summed E-state index contributed by atoms with van der Waals surface area (Å²) in [6.45, 7) is 3.58. The van der Waals surface area contributed by atoms with Gasteiger partial charge in [-0.1, -0.05) is 18.2 Å². The van der Waals surface area contributed by atoms with Gasteiger partial charge >= 0.3 is 5.97 Å². The summed E-state index contributed by atoms with van der Waals surface area (Å²) in [7, 11) is 0. The summed E-state index contributed by atoms with van der Waals surface area (Å²) in [5.74, 6) is -1.35. The molecule has 0 aliphatic rings. The van der Waals surface area contributed by atoms with Crippen molar-refractivity contribution in [2.75, 3.05) is 5.32 Å². The summed E-state index contributed by atoms with van der Waals surface area (Å²) in [5, 5.41) is 11.9. The van der Waals surface area contributed by atoms with Crippen molar-refractivity contribution in [3.8, 4) is 0 Å². The summed E-state index contributed by atoms with van der Waals surface area (Å²) in [6, 6.07) is 8.68. The van der Waals surface area contributed by atoms with Crippen LogP contribution in [0.25, 0.3) is 0 Å². The van der Waals surface area contributed by atoms with Crippen LogP contribution < -0.4 is 5.32 Å². The summed E-state index contributed by atoms with van der Waals surface area (Å²) in [6.07, 6.45) is 1.74. The summed E-state index contributed by atoms with van der Waals surface area (Å²) < 4.78 is 0. The molecule has 1 heterocycles. The maximum absolute atomic E-state index is 12.1. The lowest BCUT2D eigenvalue weighted by Crippen LogP contribution is -2.18. The monoisotopic (exact) mass is 284 g/mol. The van der Waals surface area contributed by atoms with Gasteiger partial charge in [-0.2, -0.15) is 0 Å². The Morgan fingerprint density at radius 3 is 2.52 bits per heavy atom. The topological polar surface area (TPSA) is 79.3 Å². The minimum absolute atomic E-state index is 0.111. The van der Waals surface area contributed by atoms with E-state index in [1.54, 1.807) is 37.4 Å². The number of aryl methyl sites for hydroxylation is 2. The van der Waals surface area contributed by atoms with Gasteiger partial charge in [0.1, 0.15) is 0 Å². The van der Waals surface area contributed by atoms with Crippen LogP contribution in [0.3, 0.4) is 0 Å². The van der Waals surface area contributed by atoms with Gasteiger partial charge in [0, 0.05) is 6.20 Å². The molecule has 0 bridgehead atoms. The molecule has 108 valence electrons. The first-order chi connectivity index (χ1) is 9.99. The summed E-state index contributed by atoms with van der Waals surface area (Å²) >= 11 is 0. The third-order valence-corrected chi connectivity index (χ3v) is 3.21. The number of hydrogen-bond acceptors (Lipinski definition) is 3. The van der Waals surface area contributed by atoms with Gasteiger partial charge in [-0.25, -0.2) is 4.79 Å². The van der Waals surface area contributed by atoms with E-state index in [0.717, 1.165) is 5.56 Å². The lowest BCUT2D eigenvalue weighted by Gasteiger charge is -2.11. The van der Waals surface area contributed by atoms with Crippen LogP contribution in [0.2, 0.25) is 0 Å². The van der Waals surface area contributed by atoms with Crippen LogP contribution in [0, 0.1) is 13.8 Å². The molecule has 0 aliphatic heterocycles. The number of hydrogen-bond donors (Lipinski definition) is 2. The predicted octanol–water partition coefficient (Wildman–Crippen LogP) is 2.58. The first-order valence-corrected chi connectivity index (χ1v) is 6.52. The zero-order valence-electron chi connectivity index (χ0n) is 11.9. The number of rotatable bonds is 4. The SMILES string of the molecule is Cc1cccnc1CC(=O)Nc1cccc(C)c1C(=O)O. The van der Waals surface area contributed by atoms with Crippen LogP contribution in [0.4, 0.5) is 5.69 Å². The Bertz CT molecular complexity index is 696. The molecule has 2 aromatic rings. The number of carboxylic acid groups (broad SMARTS) is 1. The second-order valence-corrected chi connectivity index (χ2v) is 4.79. The summed E-state index contributed by atoms with van der Waals surface area (Å²) in [4.78, 5) is 27.5. The van der Waals surface area contributed by atoms with E-state index >= 15 is 0 Å². The van der Waals surface area contributed by atoms with Crippen LogP contribution in [0.15, 0.2) is 36.5 Å². The number of benzene rings is 1. The number of carbonyl (C=O) groups excluding carboxylic acids is 1. The molecule has 0 fully saturated rings. The van der Waals surface area contributed by atoms with E-state index in [2.05, 4.69) is 10.3 Å². The van der Waals surface area contributed by atoms with Crippen molar-refractivity contribution >= 4 is 17.6 Å². The highest BCUT2D eigenvalue weighted by molar-refractivity contribution is 6.02. The fourth-order valence-corrected chi connectivity index (χ4v) is 2.11. The number of amides is 1. The minimum Gasteiger partial charge on any atom is -0.478 e. The normalized spacial score (nSPS) is 10.2. The molecule has 5 heteroatoms. The Labute approximate surface area is 122 Å². The van der Waals surface area contributed by atoms with Crippen molar-refractivity contribution in [2.45, 2.75) is 20.3 Å². The molecular weight excluding hydrogens is 268 g/mol. The first-order valence-electron chi connectivity index (χ1n) is 6.52. The van der Waals surface area contributed by atoms with E-state index in [4.69, 9.17) is 0 Å². The Kier molecular flexibility index (Phi) is 4.33. The summed E-state index contributed by atoms with van der Waals surface area (Å²) in [5.41, 5.74) is 2.63. The number of anilines is 1. The largest absolute Gasteiger partial charge is 0.478 e. The van der Waals surface area contributed by atoms with Crippen LogP contribution >= 0.6 is 0 Å². The first kappa shape index (κ1) is 14.7. The number of carbonyl (C=O) groups is 2. The smallest absolute Gasteiger partial charge is 0.338 e. The number of nitrogens with one attached hydrogen (secondary N) is 1. The van der Waals surface area contributed by atoms with Crippen molar-refractivity contribution in [1.82, 2.24) is 4.98 Å². The standard InChI is InChI=1S/C16H16N2O3/c1-10-6-4-8-17-13(10)9-14(19)18-12-7-3-5-11(2)15(12)16(20)21/h3-8H,9H2,1-2H3,(H,18,19)(H,20,21). The second kappa shape index (κ2) is 6.17. The number of aromatic carboxylic acids is 1. The van der Waals surface area contributed by atoms with Gasteiger partial charge in [0.05, 0.1) is 23.4 Å². The van der Waals surface area contributed by atoms with E-state index in [-0.39, 0.29) is 17.9 Å². The van der Waals surface area contributed by atoms with E-state index < -0.39 is 5.97 Å². The van der Waals surface area contributed by atoms with Crippen molar-refractivity contribution in [3.05, 3.63) is 58.9 Å². The molecule has 0 radical (unpaired) electrons. The van der Waals surface area contributed by atoms with E-state index in [1.165, 1.54) is 0 Å². The van der Waals surface area contributed by atoms with Gasteiger partial charge in [0.15, 0.2) is 0 Å². The molecule has 1 aromatic carbocycles. The third-order valence-electron chi connectivity index (χ3n) is 3.21. The van der Waals surface area contributed by atoms with Crippen LogP contribution in [-0.4, -0.2) is 22.0 Å². The molecule has 21 heavy (non-hydrogen) atoms. The van der Waals surface area contributed by atoms with E-state index in [9.17, 15) is 14.7 Å². The third kappa shape index (κ3) is 3.45. The van der Waals surface area contributed by atoms with Gasteiger partial charge in [-0.15, -0.1) is 0 Å². The molecule has 0 spiro atoms. The molecule has 1 amide bonds. The molecule has 1 aromatic heterocycles. The highest BCUT2D eigenvalue weighted by atomic mass is 16.4. The highest BCUT2D eigenvalue weighted by Crippen LogP contribution is 2.20. The fourth-order valence-electron chi connectivity index (χ4n) is 2.11. The maximum atomic E-state index is 12.1. The Morgan fingerprint density at radius 1 is 1.14 bits per heavy atom. The number of aromatic nitrogens is 1. The average molecular weight is 284 g/mol. The quantitative estimate of drug-likeness (QED) is 0.904. The minimum atomic E-state index is -1.06. The Morgan fingerprint density at radius 2 is 1.86 bits per heavy atom. The van der Waals surface area contributed by atoms with Crippen molar-refractivity contribution in [1.29, 1.82) is 0 Å². The van der Waals surface area contributed by atoms with Gasteiger partial charge in [-0.3, -0.25) is 9.78 Å². The molecule has 2 rings (SSSR count). The van der Waals surface area contributed by atoms with E-state index in [0.29, 0.717) is 16.9 Å². The van der Waals surface area contributed by atoms with Gasteiger partial charge in [0.25, 0.3) is 0 Å². The average Bonchev–Trinajstić information content (AvgIpc) is 2.41. The zero-order valence-corrected chi connectivity index (χ0v) is 11.9. The molecule has 2 N–H and O–H groups in total. The second-order valence-electron chi connectivity index (χ2n) is 4.79. The van der Waals surface area contributed by atoms with Gasteiger partial charge in [-0.05, 0) is 37.1 Å². The highest BCUT2D eigenvalue weighted by Gasteiger charge is 2.15. The fraction of sp³-hybridized carbons (Fsp3) is 0.188. The molecule has 5 nitrogen and oxygen atoms in total. The molecule has 0 aliphatic carbocycles. The van der Waals surface area contributed by atoms with Gasteiger partial charge in [0.2, 0.25) is 5.91 Å². The van der Waals surface area contributed by atoms with Crippen LogP contribution in [0.1, 0.15) is 27.2 Å². The van der Waals surface area contributed by atoms with Gasteiger partial charge < -0.3 is 10.4 Å². The maximum Gasteiger partial charge on any atom is 0.338 e. The predicted molar refractivity (Wildman–Crippen MR) is 79.4 cm³/mol. The molecule has 0 unspecified atom stereocenters. The number of pyridine rings is 1. The molecule has 0 atom stereocenters. The Hall–Kier alpha value is -2.69. The van der Waals surface area contributed by atoms with Crippen molar-refractivity contribution < 1.29 is 14.7 Å².